The number of benzene rings is 1. The molecule has 2 heterocycles. The second-order valence-corrected chi connectivity index (χ2v) is 9.69. The van der Waals surface area contributed by atoms with Crippen molar-refractivity contribution >= 4 is 23.2 Å². The minimum absolute atomic E-state index is 0.0917. The summed E-state index contributed by atoms with van der Waals surface area (Å²) in [6.45, 7) is 0.311. The van der Waals surface area contributed by atoms with Crippen LogP contribution in [0.4, 0.5) is 0 Å². The van der Waals surface area contributed by atoms with Crippen molar-refractivity contribution in [2.24, 2.45) is 0 Å². The largest absolute Gasteiger partial charge is 0.497 e. The van der Waals surface area contributed by atoms with E-state index >= 15 is 0 Å². The number of aromatic nitrogens is 1. The molecule has 2 aromatic heterocycles. The number of thiophene rings is 1. The molecule has 2 amide bonds. The summed E-state index contributed by atoms with van der Waals surface area (Å²) < 4.78 is 5.28. The Morgan fingerprint density at radius 1 is 1.12 bits per heavy atom. The summed E-state index contributed by atoms with van der Waals surface area (Å²) in [5.74, 6) is 0.512. The molecule has 1 aliphatic rings. The monoisotopic (exact) mass is 477 g/mol. The molecule has 4 rings (SSSR count). The number of pyridine rings is 1. The zero-order valence-electron chi connectivity index (χ0n) is 19.5. The summed E-state index contributed by atoms with van der Waals surface area (Å²) in [5, 5.41) is 5.20. The third-order valence-electron chi connectivity index (χ3n) is 6.25. The van der Waals surface area contributed by atoms with Crippen LogP contribution in [0.1, 0.15) is 54.1 Å². The SMILES string of the molecule is COc1ccc(CN(C(=O)Cc2cccs2)[C@@H](C(=O)NC2CCCCC2)c2cccnc2)cc1. The van der Waals surface area contributed by atoms with Gasteiger partial charge in [0.05, 0.1) is 13.5 Å². The van der Waals surface area contributed by atoms with Crippen LogP contribution in [0.15, 0.2) is 66.3 Å². The Balaban J connectivity index is 1.66. The first-order valence-corrected chi connectivity index (χ1v) is 12.7. The first kappa shape index (κ1) is 24.0. The Hall–Kier alpha value is -3.19. The summed E-state index contributed by atoms with van der Waals surface area (Å²) in [5.41, 5.74) is 1.64. The van der Waals surface area contributed by atoms with Crippen LogP contribution in [0.2, 0.25) is 0 Å². The van der Waals surface area contributed by atoms with Crippen LogP contribution in [0.25, 0.3) is 0 Å². The average Bonchev–Trinajstić information content (AvgIpc) is 3.38. The van der Waals surface area contributed by atoms with E-state index in [9.17, 15) is 9.59 Å². The van der Waals surface area contributed by atoms with Gasteiger partial charge in [-0.25, -0.2) is 0 Å². The summed E-state index contributed by atoms with van der Waals surface area (Å²) in [6.07, 6.45) is 9.03. The topological polar surface area (TPSA) is 71.5 Å². The van der Waals surface area contributed by atoms with E-state index in [1.807, 2.05) is 53.9 Å². The Bertz CT molecular complexity index is 1050. The van der Waals surface area contributed by atoms with Crippen LogP contribution < -0.4 is 10.1 Å². The van der Waals surface area contributed by atoms with E-state index in [2.05, 4.69) is 10.3 Å². The molecular weight excluding hydrogens is 446 g/mol. The van der Waals surface area contributed by atoms with Crippen LogP contribution in [-0.4, -0.2) is 34.8 Å². The average molecular weight is 478 g/mol. The first-order valence-electron chi connectivity index (χ1n) is 11.8. The minimum atomic E-state index is -0.759. The predicted octanol–water partition coefficient (Wildman–Crippen LogP) is 4.91. The molecule has 1 N–H and O–H groups in total. The van der Waals surface area contributed by atoms with Gasteiger partial charge >= 0.3 is 0 Å². The summed E-state index contributed by atoms with van der Waals surface area (Å²) in [7, 11) is 1.62. The molecule has 3 aromatic rings. The van der Waals surface area contributed by atoms with Gasteiger partial charge in [0.15, 0.2) is 0 Å². The first-order chi connectivity index (χ1) is 16.6. The van der Waals surface area contributed by atoms with Crippen molar-refractivity contribution in [1.82, 2.24) is 15.2 Å². The van der Waals surface area contributed by atoms with Crippen molar-refractivity contribution in [2.75, 3.05) is 7.11 Å². The van der Waals surface area contributed by atoms with Crippen LogP contribution in [0, 0.1) is 0 Å². The van der Waals surface area contributed by atoms with Gasteiger partial charge in [-0.3, -0.25) is 14.6 Å². The van der Waals surface area contributed by atoms with E-state index in [0.717, 1.165) is 41.9 Å². The second-order valence-electron chi connectivity index (χ2n) is 8.66. The minimum Gasteiger partial charge on any atom is -0.497 e. The number of ether oxygens (including phenoxy) is 1. The number of hydrogen-bond donors (Lipinski definition) is 1. The Labute approximate surface area is 205 Å². The molecule has 1 saturated carbocycles. The quantitative estimate of drug-likeness (QED) is 0.475. The lowest BCUT2D eigenvalue weighted by molar-refractivity contribution is -0.141. The van der Waals surface area contributed by atoms with Crippen molar-refractivity contribution in [2.45, 2.75) is 57.2 Å². The van der Waals surface area contributed by atoms with E-state index in [-0.39, 0.29) is 24.3 Å². The summed E-state index contributed by atoms with van der Waals surface area (Å²) in [6, 6.07) is 14.6. The van der Waals surface area contributed by atoms with Crippen LogP contribution in [0.3, 0.4) is 0 Å². The molecule has 1 aromatic carbocycles. The molecule has 0 unspecified atom stereocenters. The number of nitrogens with one attached hydrogen (secondary N) is 1. The fraction of sp³-hybridized carbons (Fsp3) is 0.370. The molecule has 1 fully saturated rings. The van der Waals surface area contributed by atoms with Gasteiger partial charge in [0.25, 0.3) is 0 Å². The lowest BCUT2D eigenvalue weighted by Crippen LogP contribution is -2.47. The van der Waals surface area contributed by atoms with Crippen LogP contribution in [0.5, 0.6) is 5.75 Å². The number of amides is 2. The molecule has 0 bridgehead atoms. The molecule has 178 valence electrons. The lowest BCUT2D eigenvalue weighted by atomic mass is 9.94. The molecule has 0 saturated heterocycles. The van der Waals surface area contributed by atoms with Gasteiger partial charge in [-0.1, -0.05) is 43.5 Å². The zero-order chi connectivity index (χ0) is 23.8. The van der Waals surface area contributed by atoms with Gasteiger partial charge in [0, 0.05) is 35.4 Å². The smallest absolute Gasteiger partial charge is 0.247 e. The third kappa shape index (κ3) is 6.23. The number of rotatable bonds is 9. The maximum absolute atomic E-state index is 13.7. The fourth-order valence-corrected chi connectivity index (χ4v) is 5.15. The van der Waals surface area contributed by atoms with Gasteiger partial charge in [-0.2, -0.15) is 0 Å². The molecular formula is C27H31N3O3S. The number of nitrogens with zero attached hydrogens (tertiary/aromatic N) is 2. The highest BCUT2D eigenvalue weighted by Gasteiger charge is 2.33. The molecule has 0 radical (unpaired) electrons. The highest BCUT2D eigenvalue weighted by atomic mass is 32.1. The Kier molecular flexibility index (Phi) is 8.31. The molecule has 7 heteroatoms. The number of methoxy groups -OCH3 is 1. The van der Waals surface area contributed by atoms with Crippen LogP contribution in [-0.2, 0) is 22.6 Å². The maximum atomic E-state index is 13.7. The standard InChI is InChI=1S/C27H31N3O3S/c1-33-23-13-11-20(12-14-23)19-30(25(31)17-24-10-6-16-34-24)26(21-7-5-15-28-18-21)27(32)29-22-8-3-2-4-9-22/h5-7,10-16,18,22,26H,2-4,8-9,17,19H2,1H3,(H,29,32)/t26-/m1/s1. The van der Waals surface area contributed by atoms with Gasteiger partial charge < -0.3 is 15.0 Å². The maximum Gasteiger partial charge on any atom is 0.247 e. The normalized spacial score (nSPS) is 14.9. The van der Waals surface area contributed by atoms with E-state index in [4.69, 9.17) is 4.74 Å². The van der Waals surface area contributed by atoms with Crippen molar-refractivity contribution in [3.05, 3.63) is 82.3 Å². The number of hydrogen-bond acceptors (Lipinski definition) is 5. The van der Waals surface area contributed by atoms with Gasteiger partial charge in [-0.05, 0) is 48.1 Å². The lowest BCUT2D eigenvalue weighted by Gasteiger charge is -2.33. The Morgan fingerprint density at radius 2 is 1.91 bits per heavy atom. The number of carbonyl (C=O) groups is 2. The second kappa shape index (κ2) is 11.8. The van der Waals surface area contributed by atoms with E-state index in [1.54, 1.807) is 35.7 Å². The molecule has 6 nitrogen and oxygen atoms in total. The zero-order valence-corrected chi connectivity index (χ0v) is 20.3. The van der Waals surface area contributed by atoms with Gasteiger partial charge in [0.2, 0.25) is 11.8 Å². The van der Waals surface area contributed by atoms with Crippen molar-refractivity contribution in [1.29, 1.82) is 0 Å². The summed E-state index contributed by atoms with van der Waals surface area (Å²) >= 11 is 1.55. The molecule has 0 aliphatic heterocycles. The molecule has 1 aliphatic carbocycles. The summed E-state index contributed by atoms with van der Waals surface area (Å²) in [4.78, 5) is 34.3. The third-order valence-corrected chi connectivity index (χ3v) is 7.13. The number of carbonyl (C=O) groups excluding carboxylic acids is 2. The van der Waals surface area contributed by atoms with Crippen molar-refractivity contribution < 1.29 is 14.3 Å². The van der Waals surface area contributed by atoms with Crippen molar-refractivity contribution in [3.63, 3.8) is 0 Å². The van der Waals surface area contributed by atoms with E-state index < -0.39 is 6.04 Å². The highest BCUT2D eigenvalue weighted by molar-refractivity contribution is 7.10. The van der Waals surface area contributed by atoms with E-state index in [0.29, 0.717) is 12.1 Å². The Morgan fingerprint density at radius 3 is 2.56 bits per heavy atom. The van der Waals surface area contributed by atoms with Crippen LogP contribution >= 0.6 is 11.3 Å². The molecule has 0 spiro atoms. The van der Waals surface area contributed by atoms with E-state index in [1.165, 1.54) is 6.42 Å². The molecule has 1 atom stereocenters. The van der Waals surface area contributed by atoms with Gasteiger partial charge in [0.1, 0.15) is 11.8 Å². The fourth-order valence-electron chi connectivity index (χ4n) is 4.45. The van der Waals surface area contributed by atoms with Crippen molar-refractivity contribution in [3.8, 4) is 5.75 Å². The highest BCUT2D eigenvalue weighted by Crippen LogP contribution is 2.27. The molecule has 34 heavy (non-hydrogen) atoms. The van der Waals surface area contributed by atoms with Gasteiger partial charge in [-0.15, -0.1) is 11.3 Å². The predicted molar refractivity (Wildman–Crippen MR) is 134 cm³/mol.